The second-order valence-electron chi connectivity index (χ2n) is 5.81. The third-order valence-electron chi connectivity index (χ3n) is 4.20. The standard InChI is InChI=1S/C18H21NO5/c1-22-16-7-6-13(10-17(16)24-12-18(20)21)11-19-8-2-4-14(19)15-5-3-9-23-15/h3,5-7,9-10,14H,2,4,8,11-12H2,1H3,(H,20,21)/t14-/m0/s1. The van der Waals surface area contributed by atoms with Crippen molar-refractivity contribution in [2.75, 3.05) is 20.3 Å². The van der Waals surface area contributed by atoms with Crippen LogP contribution in [0.4, 0.5) is 0 Å². The zero-order chi connectivity index (χ0) is 16.9. The highest BCUT2D eigenvalue weighted by Gasteiger charge is 2.28. The first-order valence-corrected chi connectivity index (χ1v) is 7.96. The van der Waals surface area contributed by atoms with Gasteiger partial charge in [-0.2, -0.15) is 0 Å². The molecular formula is C18H21NO5. The third-order valence-corrected chi connectivity index (χ3v) is 4.20. The highest BCUT2D eigenvalue weighted by Crippen LogP contribution is 2.35. The van der Waals surface area contributed by atoms with Gasteiger partial charge >= 0.3 is 5.97 Å². The van der Waals surface area contributed by atoms with Crippen molar-refractivity contribution in [3.05, 3.63) is 47.9 Å². The van der Waals surface area contributed by atoms with Gasteiger partial charge in [0.25, 0.3) is 0 Å². The van der Waals surface area contributed by atoms with Gasteiger partial charge in [-0.15, -0.1) is 0 Å². The van der Waals surface area contributed by atoms with E-state index in [4.69, 9.17) is 19.0 Å². The van der Waals surface area contributed by atoms with Gasteiger partial charge in [0.05, 0.1) is 19.4 Å². The monoisotopic (exact) mass is 331 g/mol. The van der Waals surface area contributed by atoms with E-state index in [-0.39, 0.29) is 6.04 Å². The topological polar surface area (TPSA) is 72.1 Å². The fraction of sp³-hybridized carbons (Fsp3) is 0.389. The van der Waals surface area contributed by atoms with Crippen LogP contribution in [0, 0.1) is 0 Å². The van der Waals surface area contributed by atoms with Crippen LogP contribution in [0.1, 0.15) is 30.2 Å². The molecule has 1 aliphatic rings. The van der Waals surface area contributed by atoms with E-state index >= 15 is 0 Å². The Morgan fingerprint density at radius 2 is 2.25 bits per heavy atom. The Bertz CT molecular complexity index is 683. The first kappa shape index (κ1) is 16.4. The molecule has 2 heterocycles. The van der Waals surface area contributed by atoms with E-state index in [9.17, 15) is 4.79 Å². The maximum absolute atomic E-state index is 10.7. The van der Waals surface area contributed by atoms with Crippen molar-refractivity contribution in [3.63, 3.8) is 0 Å². The van der Waals surface area contributed by atoms with Gasteiger partial charge in [0.2, 0.25) is 0 Å². The molecule has 0 spiro atoms. The summed E-state index contributed by atoms with van der Waals surface area (Å²) < 4.78 is 16.1. The Kier molecular flexibility index (Phi) is 5.05. The summed E-state index contributed by atoms with van der Waals surface area (Å²) in [5.41, 5.74) is 1.05. The quantitative estimate of drug-likeness (QED) is 0.840. The number of hydrogen-bond donors (Lipinski definition) is 1. The number of carboxylic acids is 1. The number of benzene rings is 1. The van der Waals surface area contributed by atoms with Crippen molar-refractivity contribution in [1.29, 1.82) is 0 Å². The number of likely N-dealkylation sites (tertiary alicyclic amines) is 1. The molecule has 128 valence electrons. The molecule has 2 aromatic rings. The van der Waals surface area contributed by atoms with Crippen LogP contribution < -0.4 is 9.47 Å². The van der Waals surface area contributed by atoms with Crippen molar-refractivity contribution in [2.45, 2.75) is 25.4 Å². The van der Waals surface area contributed by atoms with E-state index in [1.807, 2.05) is 30.3 Å². The molecule has 0 saturated carbocycles. The predicted molar refractivity (Wildman–Crippen MR) is 87.2 cm³/mol. The average Bonchev–Trinajstić information content (AvgIpc) is 3.24. The van der Waals surface area contributed by atoms with Crippen LogP contribution in [0.5, 0.6) is 11.5 Å². The molecule has 1 atom stereocenters. The second-order valence-corrected chi connectivity index (χ2v) is 5.81. The number of ether oxygens (including phenoxy) is 2. The summed E-state index contributed by atoms with van der Waals surface area (Å²) in [5.74, 6) is 0.957. The predicted octanol–water partition coefficient (Wildman–Crippen LogP) is 3.09. The first-order chi connectivity index (χ1) is 11.7. The van der Waals surface area contributed by atoms with E-state index < -0.39 is 12.6 Å². The molecule has 0 radical (unpaired) electrons. The molecule has 0 aliphatic carbocycles. The Balaban J connectivity index is 1.74. The molecule has 1 aromatic heterocycles. The number of rotatable bonds is 7. The number of furan rings is 1. The van der Waals surface area contributed by atoms with Crippen molar-refractivity contribution >= 4 is 5.97 Å². The van der Waals surface area contributed by atoms with E-state index in [2.05, 4.69) is 4.90 Å². The first-order valence-electron chi connectivity index (χ1n) is 7.96. The fourth-order valence-corrected chi connectivity index (χ4v) is 3.12. The number of carbonyl (C=O) groups is 1. The minimum absolute atomic E-state index is 0.283. The lowest BCUT2D eigenvalue weighted by molar-refractivity contribution is -0.139. The highest BCUT2D eigenvalue weighted by molar-refractivity contribution is 5.68. The van der Waals surface area contributed by atoms with Gasteiger partial charge < -0.3 is 19.0 Å². The molecule has 6 nitrogen and oxygen atoms in total. The second kappa shape index (κ2) is 7.40. The normalized spacial score (nSPS) is 17.8. The average molecular weight is 331 g/mol. The molecule has 1 N–H and O–H groups in total. The van der Waals surface area contributed by atoms with Crippen LogP contribution in [0.3, 0.4) is 0 Å². The molecule has 1 saturated heterocycles. The number of methoxy groups -OCH3 is 1. The lowest BCUT2D eigenvalue weighted by Crippen LogP contribution is -2.22. The summed E-state index contributed by atoms with van der Waals surface area (Å²) >= 11 is 0. The minimum Gasteiger partial charge on any atom is -0.493 e. The van der Waals surface area contributed by atoms with E-state index in [0.717, 1.165) is 37.3 Å². The van der Waals surface area contributed by atoms with Crippen molar-refractivity contribution in [1.82, 2.24) is 4.90 Å². The number of hydrogen-bond acceptors (Lipinski definition) is 5. The SMILES string of the molecule is COc1ccc(CN2CCC[C@H]2c2ccco2)cc1OCC(=O)O. The zero-order valence-corrected chi connectivity index (χ0v) is 13.6. The van der Waals surface area contributed by atoms with Crippen LogP contribution in [-0.2, 0) is 11.3 Å². The maximum Gasteiger partial charge on any atom is 0.341 e. The number of carboxylic acid groups (broad SMARTS) is 1. The van der Waals surface area contributed by atoms with Crippen molar-refractivity contribution in [3.8, 4) is 11.5 Å². The molecular weight excluding hydrogens is 310 g/mol. The third kappa shape index (κ3) is 3.71. The van der Waals surface area contributed by atoms with Crippen molar-refractivity contribution < 1.29 is 23.8 Å². The fourth-order valence-electron chi connectivity index (χ4n) is 3.12. The summed E-state index contributed by atoms with van der Waals surface area (Å²) in [7, 11) is 1.54. The summed E-state index contributed by atoms with van der Waals surface area (Å²) in [5, 5.41) is 8.79. The molecule has 6 heteroatoms. The molecule has 0 unspecified atom stereocenters. The summed E-state index contributed by atoms with van der Waals surface area (Å²) in [6.07, 6.45) is 3.91. The molecule has 0 amide bonds. The van der Waals surface area contributed by atoms with Crippen molar-refractivity contribution in [2.24, 2.45) is 0 Å². The Labute approximate surface area is 140 Å². The van der Waals surface area contributed by atoms with Crippen LogP contribution in [0.15, 0.2) is 41.0 Å². The summed E-state index contributed by atoms with van der Waals surface area (Å²) in [6, 6.07) is 9.84. The lowest BCUT2D eigenvalue weighted by atomic mass is 10.1. The van der Waals surface area contributed by atoms with Crippen LogP contribution in [0.25, 0.3) is 0 Å². The Morgan fingerprint density at radius 1 is 1.38 bits per heavy atom. The number of nitrogens with zero attached hydrogens (tertiary/aromatic N) is 1. The van der Waals surface area contributed by atoms with Gasteiger partial charge in [-0.25, -0.2) is 4.79 Å². The molecule has 24 heavy (non-hydrogen) atoms. The van der Waals surface area contributed by atoms with Gasteiger partial charge in [-0.05, 0) is 49.2 Å². The largest absolute Gasteiger partial charge is 0.493 e. The van der Waals surface area contributed by atoms with Crippen LogP contribution >= 0.6 is 0 Å². The van der Waals surface area contributed by atoms with Crippen LogP contribution in [0.2, 0.25) is 0 Å². The summed E-state index contributed by atoms with van der Waals surface area (Å²) in [6.45, 7) is 1.36. The van der Waals surface area contributed by atoms with E-state index in [0.29, 0.717) is 11.5 Å². The molecule has 1 fully saturated rings. The van der Waals surface area contributed by atoms with Gasteiger partial charge in [0, 0.05) is 6.54 Å². The summed E-state index contributed by atoms with van der Waals surface area (Å²) in [4.78, 5) is 13.1. The van der Waals surface area contributed by atoms with Gasteiger partial charge in [0.15, 0.2) is 18.1 Å². The number of aliphatic carboxylic acids is 1. The zero-order valence-electron chi connectivity index (χ0n) is 13.6. The smallest absolute Gasteiger partial charge is 0.341 e. The van der Waals surface area contributed by atoms with E-state index in [1.54, 1.807) is 6.26 Å². The Hall–Kier alpha value is -2.47. The van der Waals surface area contributed by atoms with Gasteiger partial charge in [0.1, 0.15) is 5.76 Å². The molecule has 3 rings (SSSR count). The Morgan fingerprint density at radius 3 is 2.96 bits per heavy atom. The van der Waals surface area contributed by atoms with Gasteiger partial charge in [-0.1, -0.05) is 6.07 Å². The van der Waals surface area contributed by atoms with E-state index in [1.165, 1.54) is 7.11 Å². The highest BCUT2D eigenvalue weighted by atomic mass is 16.5. The maximum atomic E-state index is 10.7. The minimum atomic E-state index is -1.01. The molecule has 0 bridgehead atoms. The lowest BCUT2D eigenvalue weighted by Gasteiger charge is -2.23. The molecule has 1 aromatic carbocycles. The molecule has 1 aliphatic heterocycles. The van der Waals surface area contributed by atoms with Gasteiger partial charge in [-0.3, -0.25) is 4.90 Å². The van der Waals surface area contributed by atoms with Crippen LogP contribution in [-0.4, -0.2) is 36.2 Å².